The maximum Gasteiger partial charge on any atom is 0.141 e. The number of benzene rings is 1. The molecule has 0 fully saturated rings. The van der Waals surface area contributed by atoms with Crippen molar-refractivity contribution < 1.29 is 4.39 Å². The second kappa shape index (κ2) is 3.85. The minimum atomic E-state index is -0.427. The van der Waals surface area contributed by atoms with Crippen molar-refractivity contribution in [3.8, 4) is 0 Å². The molecule has 1 unspecified atom stereocenters. The van der Waals surface area contributed by atoms with Crippen LogP contribution in [-0.2, 0) is 0 Å². The van der Waals surface area contributed by atoms with E-state index in [2.05, 4.69) is 5.32 Å². The highest BCUT2D eigenvalue weighted by molar-refractivity contribution is 6.30. The largest absolute Gasteiger partial charge is 0.312 e. The average molecular weight is 189 g/mol. The van der Waals surface area contributed by atoms with E-state index < -0.39 is 5.82 Å². The fourth-order valence-corrected chi connectivity index (χ4v) is 1.06. The third-order valence-electron chi connectivity index (χ3n) is 1.61. The molecular formula is C8H10ClFN2. The molecule has 0 radical (unpaired) electrons. The molecule has 4 heteroatoms. The van der Waals surface area contributed by atoms with Crippen molar-refractivity contribution >= 4 is 11.6 Å². The Hall–Kier alpha value is -0.640. The molecule has 0 amide bonds. The van der Waals surface area contributed by atoms with Crippen LogP contribution in [-0.4, -0.2) is 7.05 Å². The molecule has 1 aromatic carbocycles. The Kier molecular flexibility index (Phi) is 3.03. The second-order valence-corrected chi connectivity index (χ2v) is 2.85. The molecule has 0 saturated heterocycles. The third-order valence-corrected chi connectivity index (χ3v) is 1.90. The topological polar surface area (TPSA) is 38.0 Å². The van der Waals surface area contributed by atoms with Gasteiger partial charge in [-0.25, -0.2) is 4.39 Å². The van der Waals surface area contributed by atoms with E-state index in [1.54, 1.807) is 13.1 Å². The summed E-state index contributed by atoms with van der Waals surface area (Å²) in [4.78, 5) is 0. The zero-order valence-electron chi connectivity index (χ0n) is 6.64. The van der Waals surface area contributed by atoms with Crippen LogP contribution in [0.3, 0.4) is 0 Å². The van der Waals surface area contributed by atoms with Gasteiger partial charge in [-0.2, -0.15) is 0 Å². The van der Waals surface area contributed by atoms with Gasteiger partial charge in [-0.05, 0) is 24.7 Å². The highest BCUT2D eigenvalue weighted by Gasteiger charge is 2.05. The Morgan fingerprint density at radius 1 is 1.58 bits per heavy atom. The molecule has 0 aliphatic heterocycles. The second-order valence-electron chi connectivity index (χ2n) is 2.44. The van der Waals surface area contributed by atoms with Gasteiger partial charge < -0.3 is 11.1 Å². The maximum absolute atomic E-state index is 12.7. The van der Waals surface area contributed by atoms with E-state index in [0.29, 0.717) is 0 Å². The number of hydrogen-bond acceptors (Lipinski definition) is 2. The zero-order chi connectivity index (χ0) is 9.14. The van der Waals surface area contributed by atoms with Crippen LogP contribution < -0.4 is 11.1 Å². The Morgan fingerprint density at radius 3 is 2.75 bits per heavy atom. The van der Waals surface area contributed by atoms with Crippen molar-refractivity contribution in [3.63, 3.8) is 0 Å². The molecule has 0 bridgehead atoms. The molecule has 0 saturated carbocycles. The van der Waals surface area contributed by atoms with E-state index in [-0.39, 0.29) is 11.2 Å². The monoisotopic (exact) mass is 188 g/mol. The molecule has 66 valence electrons. The highest BCUT2D eigenvalue weighted by Crippen LogP contribution is 2.18. The molecule has 3 N–H and O–H groups in total. The zero-order valence-corrected chi connectivity index (χ0v) is 7.40. The van der Waals surface area contributed by atoms with Gasteiger partial charge in [-0.15, -0.1) is 0 Å². The van der Waals surface area contributed by atoms with Crippen molar-refractivity contribution in [1.82, 2.24) is 5.32 Å². The Bertz CT molecular complexity index is 278. The summed E-state index contributed by atoms with van der Waals surface area (Å²) in [5.74, 6) is -0.427. The summed E-state index contributed by atoms with van der Waals surface area (Å²) in [5, 5.41) is 2.92. The van der Waals surface area contributed by atoms with Crippen LogP contribution in [0.5, 0.6) is 0 Å². The number of nitrogens with two attached hydrogens (primary N) is 1. The number of hydrogen-bond donors (Lipinski definition) is 2. The van der Waals surface area contributed by atoms with E-state index in [1.165, 1.54) is 12.1 Å². The first-order chi connectivity index (χ1) is 5.65. The van der Waals surface area contributed by atoms with Crippen LogP contribution >= 0.6 is 11.6 Å². The average Bonchev–Trinajstić information content (AvgIpc) is 2.08. The minimum Gasteiger partial charge on any atom is -0.312 e. The first kappa shape index (κ1) is 9.45. The molecule has 0 aliphatic rings. The highest BCUT2D eigenvalue weighted by atomic mass is 35.5. The molecule has 12 heavy (non-hydrogen) atoms. The quantitative estimate of drug-likeness (QED) is 0.693. The Morgan fingerprint density at radius 2 is 2.25 bits per heavy atom. The van der Waals surface area contributed by atoms with Gasteiger partial charge in [0.25, 0.3) is 0 Å². The van der Waals surface area contributed by atoms with Gasteiger partial charge in [0, 0.05) is 0 Å². The van der Waals surface area contributed by atoms with E-state index in [0.717, 1.165) is 5.56 Å². The van der Waals surface area contributed by atoms with Gasteiger partial charge in [-0.1, -0.05) is 17.7 Å². The molecule has 1 atom stereocenters. The first-order valence-electron chi connectivity index (χ1n) is 3.53. The van der Waals surface area contributed by atoms with Gasteiger partial charge in [0.2, 0.25) is 0 Å². The lowest BCUT2D eigenvalue weighted by Gasteiger charge is -2.10. The number of nitrogens with one attached hydrogen (secondary N) is 1. The van der Waals surface area contributed by atoms with Crippen LogP contribution in [0.1, 0.15) is 11.7 Å². The van der Waals surface area contributed by atoms with Crippen molar-refractivity contribution in [1.29, 1.82) is 0 Å². The predicted octanol–water partition coefficient (Wildman–Crippen LogP) is 1.66. The summed E-state index contributed by atoms with van der Waals surface area (Å²) in [6.45, 7) is 0. The Labute approximate surface area is 75.5 Å². The third kappa shape index (κ3) is 1.94. The van der Waals surface area contributed by atoms with Crippen LogP contribution in [0.4, 0.5) is 4.39 Å². The van der Waals surface area contributed by atoms with Crippen molar-refractivity contribution in [3.05, 3.63) is 34.6 Å². The summed E-state index contributed by atoms with van der Waals surface area (Å²) in [6.07, 6.45) is -0.303. The minimum absolute atomic E-state index is 0.0956. The van der Waals surface area contributed by atoms with Crippen LogP contribution in [0.25, 0.3) is 0 Å². The van der Waals surface area contributed by atoms with E-state index in [9.17, 15) is 4.39 Å². The smallest absolute Gasteiger partial charge is 0.141 e. The van der Waals surface area contributed by atoms with Crippen molar-refractivity contribution in [2.75, 3.05) is 7.05 Å². The molecule has 0 aromatic heterocycles. The van der Waals surface area contributed by atoms with Crippen molar-refractivity contribution in [2.45, 2.75) is 6.17 Å². The summed E-state index contributed by atoms with van der Waals surface area (Å²) in [6, 6.07) is 4.41. The lowest BCUT2D eigenvalue weighted by atomic mass is 10.2. The van der Waals surface area contributed by atoms with Gasteiger partial charge in [-0.3, -0.25) is 0 Å². The first-order valence-corrected chi connectivity index (χ1v) is 3.90. The van der Waals surface area contributed by atoms with Gasteiger partial charge >= 0.3 is 0 Å². The molecule has 0 heterocycles. The van der Waals surface area contributed by atoms with Crippen LogP contribution in [0.2, 0.25) is 5.02 Å². The fourth-order valence-electron chi connectivity index (χ4n) is 0.872. The van der Waals surface area contributed by atoms with E-state index in [4.69, 9.17) is 17.3 Å². The summed E-state index contributed by atoms with van der Waals surface area (Å²) < 4.78 is 12.7. The standard InChI is InChI=1S/C8H10ClFN2/c1-12-8(11)5-2-3-7(10)6(9)4-5/h2-4,8,12H,11H2,1H3. The molecule has 2 nitrogen and oxygen atoms in total. The molecule has 1 aromatic rings. The van der Waals surface area contributed by atoms with Crippen molar-refractivity contribution in [2.24, 2.45) is 5.73 Å². The normalized spacial score (nSPS) is 13.0. The van der Waals surface area contributed by atoms with Gasteiger partial charge in [0.05, 0.1) is 11.2 Å². The van der Waals surface area contributed by atoms with Gasteiger partial charge in [0.1, 0.15) is 5.82 Å². The molecular weight excluding hydrogens is 179 g/mol. The molecule has 1 rings (SSSR count). The van der Waals surface area contributed by atoms with Crippen LogP contribution in [0, 0.1) is 5.82 Å². The van der Waals surface area contributed by atoms with E-state index in [1.807, 2.05) is 0 Å². The number of halogens is 2. The summed E-state index contributed by atoms with van der Waals surface area (Å²) in [7, 11) is 1.72. The fraction of sp³-hybridized carbons (Fsp3) is 0.250. The van der Waals surface area contributed by atoms with Gasteiger partial charge in [0.15, 0.2) is 0 Å². The molecule has 0 spiro atoms. The summed E-state index contributed by atoms with van der Waals surface area (Å²) >= 11 is 5.56. The Balaban J connectivity index is 2.96. The van der Waals surface area contributed by atoms with E-state index >= 15 is 0 Å². The maximum atomic E-state index is 12.7. The lowest BCUT2D eigenvalue weighted by molar-refractivity contribution is 0.608. The number of rotatable bonds is 2. The molecule has 0 aliphatic carbocycles. The predicted molar refractivity (Wildman–Crippen MR) is 47.4 cm³/mol. The summed E-state index contributed by atoms with van der Waals surface area (Å²) in [5.41, 5.74) is 6.39. The van der Waals surface area contributed by atoms with Crippen LogP contribution in [0.15, 0.2) is 18.2 Å². The SMILES string of the molecule is CNC(N)c1ccc(F)c(Cl)c1. The lowest BCUT2D eigenvalue weighted by Crippen LogP contribution is -2.24.